The van der Waals surface area contributed by atoms with Gasteiger partial charge in [-0.15, -0.1) is 0 Å². The van der Waals surface area contributed by atoms with E-state index in [9.17, 15) is 19.1 Å². The maximum atomic E-state index is 14.0. The molecule has 0 radical (unpaired) electrons. The van der Waals surface area contributed by atoms with Crippen LogP contribution in [-0.2, 0) is 4.79 Å². The van der Waals surface area contributed by atoms with Crippen molar-refractivity contribution in [2.24, 2.45) is 17.8 Å². The summed E-state index contributed by atoms with van der Waals surface area (Å²) in [6.07, 6.45) is 2.52. The number of nitrogens with one attached hydrogen (secondary N) is 1. The molecule has 1 heterocycles. The summed E-state index contributed by atoms with van der Waals surface area (Å²) in [5.74, 6) is -2.74. The van der Waals surface area contributed by atoms with Crippen LogP contribution in [0.15, 0.2) is 24.4 Å². The number of aliphatic carboxylic acids is 1. The first-order valence-electron chi connectivity index (χ1n) is 7.01. The zero-order valence-electron chi connectivity index (χ0n) is 11.6. The van der Waals surface area contributed by atoms with E-state index in [0.29, 0.717) is 18.4 Å². The Kier molecular flexibility index (Phi) is 3.27. The molecule has 4 nitrogen and oxygen atoms in total. The van der Waals surface area contributed by atoms with Crippen LogP contribution in [-0.4, -0.2) is 21.8 Å². The Labute approximate surface area is 121 Å². The first-order chi connectivity index (χ1) is 9.99. The van der Waals surface area contributed by atoms with E-state index in [1.165, 1.54) is 12.3 Å². The molecule has 1 fully saturated rings. The second-order valence-corrected chi connectivity index (χ2v) is 5.86. The molecule has 5 heteroatoms. The lowest BCUT2D eigenvalue weighted by molar-refractivity contribution is -0.142. The molecule has 1 aromatic carbocycles. The first-order valence-corrected chi connectivity index (χ1v) is 7.01. The fourth-order valence-electron chi connectivity index (χ4n) is 3.39. The molecule has 1 aliphatic carbocycles. The predicted molar refractivity (Wildman–Crippen MR) is 75.6 cm³/mol. The lowest BCUT2D eigenvalue weighted by Crippen LogP contribution is -2.25. The van der Waals surface area contributed by atoms with Gasteiger partial charge in [0.1, 0.15) is 5.82 Å². The molecule has 0 spiro atoms. The highest BCUT2D eigenvalue weighted by molar-refractivity contribution is 6.10. The van der Waals surface area contributed by atoms with E-state index < -0.39 is 23.6 Å². The Bertz CT molecular complexity index is 721. The summed E-state index contributed by atoms with van der Waals surface area (Å²) in [5.41, 5.74) is 0.810. The quantitative estimate of drug-likeness (QED) is 0.852. The molecule has 0 bridgehead atoms. The van der Waals surface area contributed by atoms with Gasteiger partial charge in [-0.25, -0.2) is 4.39 Å². The SMILES string of the molecule is CC1CC(C(=O)O)C(C(=O)c2c[nH]c3cccc(F)c23)C1. The van der Waals surface area contributed by atoms with Crippen LogP contribution in [0, 0.1) is 23.6 Å². The summed E-state index contributed by atoms with van der Waals surface area (Å²) in [6, 6.07) is 4.57. The Balaban J connectivity index is 2.03. The third kappa shape index (κ3) is 2.22. The van der Waals surface area contributed by atoms with Crippen molar-refractivity contribution in [2.75, 3.05) is 0 Å². The normalized spacial score (nSPS) is 25.3. The Morgan fingerprint density at radius 1 is 1.29 bits per heavy atom. The fraction of sp³-hybridized carbons (Fsp3) is 0.375. The minimum absolute atomic E-state index is 0.190. The minimum atomic E-state index is -0.946. The Morgan fingerprint density at radius 3 is 2.71 bits per heavy atom. The van der Waals surface area contributed by atoms with Crippen molar-refractivity contribution in [1.82, 2.24) is 4.98 Å². The zero-order valence-corrected chi connectivity index (χ0v) is 11.6. The molecule has 2 aromatic rings. The molecule has 1 aliphatic rings. The van der Waals surface area contributed by atoms with Gasteiger partial charge in [-0.1, -0.05) is 13.0 Å². The molecule has 3 atom stereocenters. The van der Waals surface area contributed by atoms with E-state index in [2.05, 4.69) is 4.98 Å². The van der Waals surface area contributed by atoms with Crippen molar-refractivity contribution in [3.8, 4) is 0 Å². The van der Waals surface area contributed by atoms with E-state index in [1.54, 1.807) is 12.1 Å². The van der Waals surface area contributed by atoms with Crippen LogP contribution in [0.1, 0.15) is 30.1 Å². The lowest BCUT2D eigenvalue weighted by Gasteiger charge is -2.13. The van der Waals surface area contributed by atoms with Crippen LogP contribution in [0.5, 0.6) is 0 Å². The van der Waals surface area contributed by atoms with Crippen molar-refractivity contribution >= 4 is 22.7 Å². The van der Waals surface area contributed by atoms with Crippen LogP contribution in [0.3, 0.4) is 0 Å². The molecule has 0 aliphatic heterocycles. The molecule has 21 heavy (non-hydrogen) atoms. The zero-order chi connectivity index (χ0) is 15.1. The van der Waals surface area contributed by atoms with Gasteiger partial charge in [0.15, 0.2) is 5.78 Å². The second-order valence-electron chi connectivity index (χ2n) is 5.86. The molecule has 0 amide bonds. The van der Waals surface area contributed by atoms with E-state index in [0.717, 1.165) is 0 Å². The summed E-state index contributed by atoms with van der Waals surface area (Å²) >= 11 is 0. The molecule has 2 N–H and O–H groups in total. The number of H-pyrrole nitrogens is 1. The highest BCUT2D eigenvalue weighted by Gasteiger charge is 2.42. The largest absolute Gasteiger partial charge is 0.481 e. The number of hydrogen-bond acceptors (Lipinski definition) is 2. The summed E-state index contributed by atoms with van der Waals surface area (Å²) in [7, 11) is 0. The summed E-state index contributed by atoms with van der Waals surface area (Å²) in [5, 5.41) is 9.54. The standard InChI is InChI=1S/C16H16FNO3/c1-8-5-9(10(6-8)16(20)21)15(19)11-7-18-13-4-2-3-12(17)14(11)13/h2-4,7-10,18H,5-6H2,1H3,(H,20,21). The number of carboxylic acid groups (broad SMARTS) is 1. The number of hydrogen-bond donors (Lipinski definition) is 2. The maximum absolute atomic E-state index is 14.0. The smallest absolute Gasteiger partial charge is 0.307 e. The van der Waals surface area contributed by atoms with Crippen LogP contribution >= 0.6 is 0 Å². The number of rotatable bonds is 3. The molecular weight excluding hydrogens is 273 g/mol. The minimum Gasteiger partial charge on any atom is -0.481 e. The van der Waals surface area contributed by atoms with Crippen molar-refractivity contribution in [3.63, 3.8) is 0 Å². The number of fused-ring (bicyclic) bond motifs is 1. The van der Waals surface area contributed by atoms with Gasteiger partial charge >= 0.3 is 5.97 Å². The van der Waals surface area contributed by atoms with Crippen LogP contribution in [0.2, 0.25) is 0 Å². The van der Waals surface area contributed by atoms with Gasteiger partial charge in [-0.05, 0) is 30.9 Å². The summed E-state index contributed by atoms with van der Waals surface area (Å²) in [4.78, 5) is 26.9. The van der Waals surface area contributed by atoms with Gasteiger partial charge in [0.2, 0.25) is 0 Å². The Hall–Kier alpha value is -2.17. The average Bonchev–Trinajstić information content (AvgIpc) is 3.02. The van der Waals surface area contributed by atoms with Crippen molar-refractivity contribution in [1.29, 1.82) is 0 Å². The van der Waals surface area contributed by atoms with Gasteiger partial charge in [-0.3, -0.25) is 9.59 Å². The van der Waals surface area contributed by atoms with Crippen molar-refractivity contribution in [2.45, 2.75) is 19.8 Å². The van der Waals surface area contributed by atoms with Gasteiger partial charge < -0.3 is 10.1 Å². The molecule has 1 aromatic heterocycles. The number of carbonyl (C=O) groups excluding carboxylic acids is 1. The number of Topliss-reactive ketones (excluding diaryl/α,β-unsaturated/α-hetero) is 1. The number of carboxylic acids is 1. The van der Waals surface area contributed by atoms with Crippen LogP contribution < -0.4 is 0 Å². The maximum Gasteiger partial charge on any atom is 0.307 e. The number of halogens is 1. The number of aromatic amines is 1. The first kappa shape index (κ1) is 13.8. The molecule has 110 valence electrons. The Morgan fingerprint density at radius 2 is 2.00 bits per heavy atom. The van der Waals surface area contributed by atoms with Gasteiger partial charge in [0, 0.05) is 28.6 Å². The fourth-order valence-corrected chi connectivity index (χ4v) is 3.39. The molecule has 0 saturated heterocycles. The summed E-state index contributed by atoms with van der Waals surface area (Å²) < 4.78 is 14.0. The van der Waals surface area contributed by atoms with Crippen molar-refractivity contribution in [3.05, 3.63) is 35.8 Å². The molecule has 1 saturated carbocycles. The van der Waals surface area contributed by atoms with Gasteiger partial charge in [0.05, 0.1) is 5.92 Å². The number of ketones is 1. The van der Waals surface area contributed by atoms with E-state index in [4.69, 9.17) is 0 Å². The topological polar surface area (TPSA) is 70.2 Å². The third-order valence-corrected chi connectivity index (χ3v) is 4.37. The molecule has 3 unspecified atom stereocenters. The number of benzene rings is 1. The highest BCUT2D eigenvalue weighted by atomic mass is 19.1. The highest BCUT2D eigenvalue weighted by Crippen LogP contribution is 2.39. The number of carbonyl (C=O) groups is 2. The average molecular weight is 289 g/mol. The van der Waals surface area contributed by atoms with Crippen molar-refractivity contribution < 1.29 is 19.1 Å². The van der Waals surface area contributed by atoms with Gasteiger partial charge in [-0.2, -0.15) is 0 Å². The van der Waals surface area contributed by atoms with Crippen LogP contribution in [0.4, 0.5) is 4.39 Å². The second kappa shape index (κ2) is 4.98. The van der Waals surface area contributed by atoms with Crippen LogP contribution in [0.25, 0.3) is 10.9 Å². The lowest BCUT2D eigenvalue weighted by atomic mass is 9.88. The third-order valence-electron chi connectivity index (χ3n) is 4.37. The van der Waals surface area contributed by atoms with E-state index >= 15 is 0 Å². The summed E-state index contributed by atoms with van der Waals surface area (Å²) in [6.45, 7) is 1.94. The molecule has 3 rings (SSSR count). The number of aromatic nitrogens is 1. The van der Waals surface area contributed by atoms with E-state index in [-0.39, 0.29) is 22.7 Å². The van der Waals surface area contributed by atoms with E-state index in [1.807, 2.05) is 6.92 Å². The van der Waals surface area contributed by atoms with Gasteiger partial charge in [0.25, 0.3) is 0 Å². The predicted octanol–water partition coefficient (Wildman–Crippen LogP) is 3.24. The molecular formula is C16H16FNO3. The monoisotopic (exact) mass is 289 g/mol.